The number of fused-ring (bicyclic) bond motifs is 2. The number of anilines is 1. The Morgan fingerprint density at radius 1 is 0.902 bits per heavy atom. The predicted octanol–water partition coefficient (Wildman–Crippen LogP) is 5.24. The molecule has 6 aromatic rings. The third kappa shape index (κ3) is 5.65. The van der Waals surface area contributed by atoms with Crippen molar-refractivity contribution in [2.45, 2.75) is 26.4 Å². The van der Waals surface area contributed by atoms with Crippen molar-refractivity contribution < 1.29 is 12.8 Å². The zero-order chi connectivity index (χ0) is 28.7. The molecular formula is C29H27FN8O2S. The van der Waals surface area contributed by atoms with Crippen LogP contribution in [0.25, 0.3) is 55.6 Å². The Hall–Kier alpha value is -4.68. The Kier molecular flexibility index (Phi) is 6.72. The first kappa shape index (κ1) is 26.5. The summed E-state index contributed by atoms with van der Waals surface area (Å²) in [7, 11) is -3.43. The number of hydrogen-bond acceptors (Lipinski definition) is 7. The largest absolute Gasteiger partial charge is 0.382 e. The smallest absolute Gasteiger partial charge is 0.209 e. The van der Waals surface area contributed by atoms with Gasteiger partial charge in [0.15, 0.2) is 5.65 Å². The molecule has 6 rings (SSSR count). The normalized spacial score (nSPS) is 12.0. The van der Waals surface area contributed by atoms with Crippen molar-refractivity contribution in [3.8, 4) is 33.6 Å². The number of hydrogen-bond donors (Lipinski definition) is 4. The molecule has 0 spiro atoms. The fourth-order valence-electron chi connectivity index (χ4n) is 4.81. The molecule has 5 aromatic heterocycles. The van der Waals surface area contributed by atoms with Gasteiger partial charge in [0.05, 0.1) is 35.0 Å². The molecule has 0 fully saturated rings. The van der Waals surface area contributed by atoms with Crippen LogP contribution in [0.1, 0.15) is 19.4 Å². The van der Waals surface area contributed by atoms with Gasteiger partial charge in [-0.25, -0.2) is 22.5 Å². The molecule has 0 aliphatic carbocycles. The Morgan fingerprint density at radius 3 is 2.51 bits per heavy atom. The minimum atomic E-state index is -3.43. The number of nitrogens with zero attached hydrogens (tertiary/aromatic N) is 4. The van der Waals surface area contributed by atoms with Crippen molar-refractivity contribution in [2.24, 2.45) is 0 Å². The molecule has 4 N–H and O–H groups in total. The van der Waals surface area contributed by atoms with E-state index >= 15 is 0 Å². The number of H-pyrrole nitrogens is 2. The van der Waals surface area contributed by atoms with Crippen molar-refractivity contribution in [1.29, 1.82) is 0 Å². The first-order valence-corrected chi connectivity index (χ1v) is 14.8. The highest BCUT2D eigenvalue weighted by atomic mass is 32.2. The number of nitrogens with one attached hydrogen (secondary N) is 4. The number of sulfonamides is 1. The summed E-state index contributed by atoms with van der Waals surface area (Å²) in [6.07, 6.45) is 9.80. The standard InChI is InChI=1S/C29H27FN8O2S/c1-16(2)35-22-7-19(11-31-13-22)20-8-24-28(37-38-29(24)33-12-20)26-9-23-25(14-32-15-27(23)36-26)18-4-17(5-21(30)6-18)10-34-41(3,39)40/h4-9,11-16,34-36H,10H2,1-3H3,(H,33,37,38). The molecule has 1 aromatic carbocycles. The maximum atomic E-state index is 14.6. The highest BCUT2D eigenvalue weighted by Gasteiger charge is 2.16. The molecule has 0 unspecified atom stereocenters. The van der Waals surface area contributed by atoms with Crippen molar-refractivity contribution in [3.63, 3.8) is 0 Å². The summed E-state index contributed by atoms with van der Waals surface area (Å²) in [5.41, 5.74) is 7.36. The molecule has 0 aliphatic rings. The molecule has 0 atom stereocenters. The third-order valence-electron chi connectivity index (χ3n) is 6.56. The lowest BCUT2D eigenvalue weighted by Gasteiger charge is -2.10. The maximum Gasteiger partial charge on any atom is 0.209 e. The van der Waals surface area contributed by atoms with E-state index < -0.39 is 15.8 Å². The lowest BCUT2D eigenvalue weighted by atomic mass is 10.0. The van der Waals surface area contributed by atoms with E-state index in [0.29, 0.717) is 22.3 Å². The molecule has 10 nitrogen and oxygen atoms in total. The van der Waals surface area contributed by atoms with Gasteiger partial charge in [0.1, 0.15) is 5.82 Å². The van der Waals surface area contributed by atoms with Crippen molar-refractivity contribution in [1.82, 2.24) is 34.9 Å². The summed E-state index contributed by atoms with van der Waals surface area (Å²) in [6.45, 7) is 4.12. The number of aromatic nitrogens is 6. The lowest BCUT2D eigenvalue weighted by Crippen LogP contribution is -2.21. The van der Waals surface area contributed by atoms with Crippen LogP contribution in [0.2, 0.25) is 0 Å². The van der Waals surface area contributed by atoms with Crippen LogP contribution >= 0.6 is 0 Å². The molecule has 0 radical (unpaired) electrons. The van der Waals surface area contributed by atoms with Crippen LogP contribution in [0.3, 0.4) is 0 Å². The van der Waals surface area contributed by atoms with E-state index in [-0.39, 0.29) is 12.6 Å². The van der Waals surface area contributed by atoms with Gasteiger partial charge in [0.2, 0.25) is 10.0 Å². The van der Waals surface area contributed by atoms with Crippen LogP contribution in [-0.2, 0) is 16.6 Å². The zero-order valence-corrected chi connectivity index (χ0v) is 23.3. The monoisotopic (exact) mass is 570 g/mol. The Labute approximate surface area is 235 Å². The van der Waals surface area contributed by atoms with Crippen LogP contribution in [0.5, 0.6) is 0 Å². The van der Waals surface area contributed by atoms with E-state index in [1.807, 2.05) is 18.2 Å². The quantitative estimate of drug-likeness (QED) is 0.196. The first-order chi connectivity index (χ1) is 19.6. The van der Waals surface area contributed by atoms with Gasteiger partial charge >= 0.3 is 0 Å². The zero-order valence-electron chi connectivity index (χ0n) is 22.5. The summed E-state index contributed by atoms with van der Waals surface area (Å²) in [6, 6.07) is 10.8. The summed E-state index contributed by atoms with van der Waals surface area (Å²) < 4.78 is 40.1. The van der Waals surface area contributed by atoms with E-state index in [4.69, 9.17) is 0 Å². The number of pyridine rings is 3. The predicted molar refractivity (Wildman–Crippen MR) is 158 cm³/mol. The average Bonchev–Trinajstić information content (AvgIpc) is 3.54. The molecular weight excluding hydrogens is 543 g/mol. The molecule has 0 bridgehead atoms. The van der Waals surface area contributed by atoms with E-state index in [2.05, 4.69) is 54.0 Å². The Bertz CT molecular complexity index is 2020. The average molecular weight is 571 g/mol. The molecule has 0 aliphatic heterocycles. The van der Waals surface area contributed by atoms with Crippen LogP contribution < -0.4 is 10.0 Å². The van der Waals surface area contributed by atoms with E-state index in [9.17, 15) is 12.8 Å². The molecule has 0 amide bonds. The van der Waals surface area contributed by atoms with Gasteiger partial charge < -0.3 is 10.3 Å². The van der Waals surface area contributed by atoms with Crippen LogP contribution in [-0.4, -0.2) is 50.8 Å². The van der Waals surface area contributed by atoms with Crippen molar-refractivity contribution >= 4 is 37.6 Å². The minimum absolute atomic E-state index is 0.0210. The second-order valence-corrected chi connectivity index (χ2v) is 12.1. The van der Waals surface area contributed by atoms with Crippen LogP contribution in [0, 0.1) is 5.82 Å². The van der Waals surface area contributed by atoms with Gasteiger partial charge in [-0.15, -0.1) is 0 Å². The minimum Gasteiger partial charge on any atom is -0.382 e. The van der Waals surface area contributed by atoms with Gasteiger partial charge in [-0.3, -0.25) is 15.1 Å². The molecule has 0 saturated carbocycles. The van der Waals surface area contributed by atoms with E-state index in [1.54, 1.807) is 37.1 Å². The summed E-state index contributed by atoms with van der Waals surface area (Å²) in [5.74, 6) is -0.471. The molecule has 0 saturated heterocycles. The molecule has 41 heavy (non-hydrogen) atoms. The van der Waals surface area contributed by atoms with Gasteiger partial charge in [-0.1, -0.05) is 0 Å². The van der Waals surface area contributed by atoms with E-state index in [0.717, 1.165) is 50.7 Å². The molecule has 5 heterocycles. The molecule has 12 heteroatoms. The van der Waals surface area contributed by atoms with Gasteiger partial charge in [-0.05, 0) is 61.4 Å². The Balaban J connectivity index is 1.40. The summed E-state index contributed by atoms with van der Waals surface area (Å²) >= 11 is 0. The van der Waals surface area contributed by atoms with E-state index in [1.165, 1.54) is 12.1 Å². The van der Waals surface area contributed by atoms with Gasteiger partial charge in [0.25, 0.3) is 0 Å². The van der Waals surface area contributed by atoms with Crippen molar-refractivity contribution in [2.75, 3.05) is 11.6 Å². The lowest BCUT2D eigenvalue weighted by molar-refractivity contribution is 0.586. The van der Waals surface area contributed by atoms with Crippen LogP contribution in [0.15, 0.2) is 67.4 Å². The summed E-state index contributed by atoms with van der Waals surface area (Å²) in [5, 5.41) is 12.5. The Morgan fingerprint density at radius 2 is 1.71 bits per heavy atom. The number of rotatable bonds is 8. The number of aromatic amines is 2. The second-order valence-electron chi connectivity index (χ2n) is 10.2. The topological polar surface area (TPSA) is 141 Å². The van der Waals surface area contributed by atoms with Crippen molar-refractivity contribution in [3.05, 3.63) is 78.8 Å². The SMILES string of the molecule is CC(C)Nc1cncc(-c2cnc3n[nH]c(-c4cc5c(-c6cc(F)cc(CNS(C)(=O)=O)c6)cncc5[nH]4)c3c2)c1. The maximum absolute atomic E-state index is 14.6. The first-order valence-electron chi connectivity index (χ1n) is 12.9. The number of benzene rings is 1. The fraction of sp³-hybridized carbons (Fsp3) is 0.172. The van der Waals surface area contributed by atoms with Gasteiger partial charge in [0, 0.05) is 64.8 Å². The fourth-order valence-corrected chi connectivity index (χ4v) is 5.24. The van der Waals surface area contributed by atoms with Gasteiger partial charge in [-0.2, -0.15) is 5.10 Å². The highest BCUT2D eigenvalue weighted by molar-refractivity contribution is 7.88. The summed E-state index contributed by atoms with van der Waals surface area (Å²) in [4.78, 5) is 16.7. The highest BCUT2D eigenvalue weighted by Crippen LogP contribution is 2.35. The molecule has 208 valence electrons. The second kappa shape index (κ2) is 10.4. The van der Waals surface area contributed by atoms with Crippen LogP contribution in [0.4, 0.5) is 10.1 Å². The number of halogens is 1. The third-order valence-corrected chi connectivity index (χ3v) is 7.23.